The van der Waals surface area contributed by atoms with Gasteiger partial charge in [-0.3, -0.25) is 19.3 Å². The number of anilines is 1. The maximum atomic E-state index is 13.2. The van der Waals surface area contributed by atoms with E-state index in [9.17, 15) is 14.4 Å². The molecule has 8 nitrogen and oxygen atoms in total. The van der Waals surface area contributed by atoms with E-state index in [1.807, 2.05) is 46.2 Å². The van der Waals surface area contributed by atoms with Crippen molar-refractivity contribution in [2.45, 2.75) is 13.0 Å². The number of piperazine rings is 1. The number of nitrogens with two attached hydrogens (primary N) is 1. The van der Waals surface area contributed by atoms with Gasteiger partial charge in [0.1, 0.15) is 12.4 Å². The number of fused-ring (bicyclic) bond motifs is 1. The minimum absolute atomic E-state index is 0.0427. The third-order valence-electron chi connectivity index (χ3n) is 6.93. The largest absolute Gasteiger partial charge is 0.488 e. The van der Waals surface area contributed by atoms with E-state index in [4.69, 9.17) is 10.5 Å². The Morgan fingerprint density at radius 1 is 0.838 bits per heavy atom. The molecule has 0 radical (unpaired) electrons. The number of amides is 3. The lowest BCUT2D eigenvalue weighted by Crippen LogP contribution is -2.51. The van der Waals surface area contributed by atoms with Crippen LogP contribution in [0.15, 0.2) is 72.8 Å². The number of ether oxygens (including phenoxy) is 1. The Labute approximate surface area is 216 Å². The molecule has 0 bridgehead atoms. The summed E-state index contributed by atoms with van der Waals surface area (Å²) in [6.07, 6.45) is 0.895. The van der Waals surface area contributed by atoms with Gasteiger partial charge in [0.05, 0.1) is 12.1 Å². The first-order valence-corrected chi connectivity index (χ1v) is 12.5. The smallest absolute Gasteiger partial charge is 0.253 e. The Kier molecular flexibility index (Phi) is 7.18. The number of primary amides is 1. The molecular weight excluding hydrogens is 468 g/mol. The van der Waals surface area contributed by atoms with Gasteiger partial charge in [-0.2, -0.15) is 0 Å². The second kappa shape index (κ2) is 10.8. The van der Waals surface area contributed by atoms with E-state index in [-0.39, 0.29) is 18.4 Å². The zero-order valence-corrected chi connectivity index (χ0v) is 20.6. The van der Waals surface area contributed by atoms with Crippen LogP contribution in [0.3, 0.4) is 0 Å². The minimum Gasteiger partial charge on any atom is -0.488 e. The fraction of sp³-hybridized carbons (Fsp3) is 0.276. The molecule has 3 amide bonds. The molecule has 37 heavy (non-hydrogen) atoms. The SMILES string of the molecule is NC(=O)c1ccccc1OCc1cccc(C(=O)N2CCN(CC(=O)N3CCc4ccccc43)CC2)c1. The molecular formula is C29H30N4O4. The molecule has 0 unspecified atom stereocenters. The van der Waals surface area contributed by atoms with Gasteiger partial charge in [-0.25, -0.2) is 0 Å². The Balaban J connectivity index is 1.14. The third kappa shape index (κ3) is 5.49. The Morgan fingerprint density at radius 3 is 2.41 bits per heavy atom. The van der Waals surface area contributed by atoms with Crippen molar-refractivity contribution in [3.05, 3.63) is 95.1 Å². The molecule has 0 atom stereocenters. The van der Waals surface area contributed by atoms with Crippen LogP contribution in [0.1, 0.15) is 31.8 Å². The first-order chi connectivity index (χ1) is 18.0. The Hall–Kier alpha value is -4.17. The van der Waals surface area contributed by atoms with Crippen LogP contribution in [0, 0.1) is 0 Å². The van der Waals surface area contributed by atoms with Crippen LogP contribution in [0.25, 0.3) is 0 Å². The summed E-state index contributed by atoms with van der Waals surface area (Å²) < 4.78 is 5.81. The average Bonchev–Trinajstić information content (AvgIpc) is 3.37. The molecule has 0 aromatic heterocycles. The lowest BCUT2D eigenvalue weighted by atomic mass is 10.1. The standard InChI is InChI=1S/C29H30N4O4/c30-28(35)24-9-2-4-11-26(24)37-20-21-6-5-8-23(18-21)29(36)32-16-14-31(15-17-32)19-27(34)33-13-12-22-7-1-3-10-25(22)33/h1-11,18H,12-17,19-20H2,(H2,30,35). The van der Waals surface area contributed by atoms with E-state index in [0.29, 0.717) is 49.6 Å². The van der Waals surface area contributed by atoms with E-state index < -0.39 is 5.91 Å². The molecule has 2 aliphatic rings. The van der Waals surface area contributed by atoms with E-state index in [1.165, 1.54) is 5.56 Å². The van der Waals surface area contributed by atoms with E-state index in [2.05, 4.69) is 11.0 Å². The topological polar surface area (TPSA) is 96.2 Å². The highest BCUT2D eigenvalue weighted by atomic mass is 16.5. The monoisotopic (exact) mass is 498 g/mol. The van der Waals surface area contributed by atoms with E-state index in [0.717, 1.165) is 24.2 Å². The van der Waals surface area contributed by atoms with Crippen LogP contribution in [0.2, 0.25) is 0 Å². The summed E-state index contributed by atoms with van der Waals surface area (Å²) in [7, 11) is 0. The first-order valence-electron chi connectivity index (χ1n) is 12.5. The van der Waals surface area contributed by atoms with Gasteiger partial charge in [0.25, 0.3) is 11.8 Å². The highest BCUT2D eigenvalue weighted by Crippen LogP contribution is 2.27. The summed E-state index contributed by atoms with van der Waals surface area (Å²) in [6, 6.07) is 22.2. The number of rotatable bonds is 7. The summed E-state index contributed by atoms with van der Waals surface area (Å²) in [6.45, 7) is 3.73. The van der Waals surface area contributed by atoms with Crippen molar-refractivity contribution in [2.75, 3.05) is 44.2 Å². The molecule has 1 fully saturated rings. The Bertz CT molecular complexity index is 1320. The van der Waals surface area contributed by atoms with Crippen molar-refractivity contribution in [2.24, 2.45) is 5.73 Å². The summed E-state index contributed by atoms with van der Waals surface area (Å²) in [5.41, 5.74) is 9.38. The number of hydrogen-bond donors (Lipinski definition) is 1. The predicted molar refractivity (Wildman–Crippen MR) is 141 cm³/mol. The van der Waals surface area contributed by atoms with Crippen LogP contribution in [0.4, 0.5) is 5.69 Å². The highest BCUT2D eigenvalue weighted by molar-refractivity contribution is 5.97. The summed E-state index contributed by atoms with van der Waals surface area (Å²) in [5.74, 6) is -0.0744. The van der Waals surface area contributed by atoms with Crippen LogP contribution in [0.5, 0.6) is 5.75 Å². The molecule has 1 saturated heterocycles. The second-order valence-corrected chi connectivity index (χ2v) is 9.34. The Morgan fingerprint density at radius 2 is 1.59 bits per heavy atom. The van der Waals surface area contributed by atoms with Crippen LogP contribution in [-0.4, -0.2) is 66.8 Å². The molecule has 2 N–H and O–H groups in total. The zero-order chi connectivity index (χ0) is 25.8. The van der Waals surface area contributed by atoms with Gasteiger partial charge in [-0.1, -0.05) is 42.5 Å². The number of benzene rings is 3. The highest BCUT2D eigenvalue weighted by Gasteiger charge is 2.28. The number of carbonyl (C=O) groups excluding carboxylic acids is 3. The number of carbonyl (C=O) groups is 3. The molecule has 2 aliphatic heterocycles. The van der Waals surface area contributed by atoms with Gasteiger partial charge in [-0.15, -0.1) is 0 Å². The van der Waals surface area contributed by atoms with Gasteiger partial charge in [0.2, 0.25) is 5.91 Å². The molecule has 3 aromatic rings. The molecule has 5 rings (SSSR count). The van der Waals surface area contributed by atoms with Crippen molar-refractivity contribution < 1.29 is 19.1 Å². The minimum atomic E-state index is -0.550. The van der Waals surface area contributed by atoms with Gasteiger partial charge in [0, 0.05) is 44.0 Å². The van der Waals surface area contributed by atoms with Crippen molar-refractivity contribution in [3.63, 3.8) is 0 Å². The summed E-state index contributed by atoms with van der Waals surface area (Å²) in [5, 5.41) is 0. The molecule has 8 heteroatoms. The third-order valence-corrected chi connectivity index (χ3v) is 6.93. The summed E-state index contributed by atoms with van der Waals surface area (Å²) >= 11 is 0. The molecule has 2 heterocycles. The normalized spacial score (nSPS) is 15.4. The fourth-order valence-corrected chi connectivity index (χ4v) is 4.92. The molecule has 0 spiro atoms. The lowest BCUT2D eigenvalue weighted by molar-refractivity contribution is -0.120. The maximum absolute atomic E-state index is 13.2. The van der Waals surface area contributed by atoms with Crippen molar-refractivity contribution in [3.8, 4) is 5.75 Å². The van der Waals surface area contributed by atoms with E-state index >= 15 is 0 Å². The molecule has 0 aliphatic carbocycles. The maximum Gasteiger partial charge on any atom is 0.253 e. The predicted octanol–water partition coefficient (Wildman–Crippen LogP) is 2.71. The van der Waals surface area contributed by atoms with Crippen molar-refractivity contribution in [1.82, 2.24) is 9.80 Å². The molecule has 190 valence electrons. The fourth-order valence-electron chi connectivity index (χ4n) is 4.92. The number of nitrogens with zero attached hydrogens (tertiary/aromatic N) is 3. The van der Waals surface area contributed by atoms with Crippen LogP contribution >= 0.6 is 0 Å². The number of para-hydroxylation sites is 2. The average molecular weight is 499 g/mol. The van der Waals surface area contributed by atoms with Gasteiger partial charge in [-0.05, 0) is 47.9 Å². The molecule has 0 saturated carbocycles. The van der Waals surface area contributed by atoms with Gasteiger partial charge >= 0.3 is 0 Å². The van der Waals surface area contributed by atoms with Crippen LogP contribution in [-0.2, 0) is 17.8 Å². The second-order valence-electron chi connectivity index (χ2n) is 9.34. The molecule has 3 aromatic carbocycles. The lowest BCUT2D eigenvalue weighted by Gasteiger charge is -2.35. The zero-order valence-electron chi connectivity index (χ0n) is 20.6. The first kappa shape index (κ1) is 24.5. The van der Waals surface area contributed by atoms with E-state index in [1.54, 1.807) is 30.3 Å². The quantitative estimate of drug-likeness (QED) is 0.540. The van der Waals surface area contributed by atoms with Crippen LogP contribution < -0.4 is 15.4 Å². The van der Waals surface area contributed by atoms with Gasteiger partial charge in [0.15, 0.2) is 0 Å². The summed E-state index contributed by atoms with van der Waals surface area (Å²) in [4.78, 5) is 43.6. The van der Waals surface area contributed by atoms with Crippen molar-refractivity contribution >= 4 is 23.4 Å². The van der Waals surface area contributed by atoms with Gasteiger partial charge < -0.3 is 20.3 Å². The number of hydrogen-bond acceptors (Lipinski definition) is 5. The van der Waals surface area contributed by atoms with Crippen molar-refractivity contribution in [1.29, 1.82) is 0 Å².